The van der Waals surface area contributed by atoms with Crippen molar-refractivity contribution in [2.45, 2.75) is 0 Å². The fourth-order valence-electron chi connectivity index (χ4n) is 3.06. The summed E-state index contributed by atoms with van der Waals surface area (Å²) in [6.45, 7) is 1.79. The van der Waals surface area contributed by atoms with E-state index in [9.17, 15) is 27.8 Å². The van der Waals surface area contributed by atoms with Gasteiger partial charge in [0, 0.05) is 32.0 Å². The number of rotatable bonds is 3. The second-order valence-corrected chi connectivity index (χ2v) is 8.86. The van der Waals surface area contributed by atoms with Crippen LogP contribution in [0.3, 0.4) is 0 Å². The number of para-hydroxylation sites is 1. The first kappa shape index (κ1) is 23.3. The van der Waals surface area contributed by atoms with Crippen LogP contribution in [0.1, 0.15) is 5.56 Å². The highest BCUT2D eigenvalue weighted by atomic mass is 32.2. The van der Waals surface area contributed by atoms with Crippen molar-refractivity contribution in [2.75, 3.05) is 39.6 Å². The number of halogens is 1. The quantitative estimate of drug-likeness (QED) is 0.504. The van der Waals surface area contributed by atoms with Gasteiger partial charge in [0.2, 0.25) is 5.96 Å². The van der Waals surface area contributed by atoms with Gasteiger partial charge in [-0.25, -0.2) is 27.6 Å². The molecule has 0 bridgehead atoms. The summed E-state index contributed by atoms with van der Waals surface area (Å²) in [7, 11) is -2.48. The SMILES string of the molecule is CN=C(/N=C1/C(S(C)(=O)=O)=CC(C(=O)O)=N/C1=C\c1cccc(F)c1O)N1CCOCC1. The third kappa shape index (κ3) is 5.08. The van der Waals surface area contributed by atoms with E-state index < -0.39 is 33.1 Å². The number of phenols is 1. The minimum atomic E-state index is -3.96. The topological polar surface area (TPSA) is 141 Å². The van der Waals surface area contributed by atoms with Crippen LogP contribution in [0.4, 0.5) is 4.39 Å². The van der Waals surface area contributed by atoms with Crippen LogP contribution in [0.15, 0.2) is 49.9 Å². The molecule has 12 heteroatoms. The van der Waals surface area contributed by atoms with E-state index in [1.54, 1.807) is 4.90 Å². The number of aliphatic imine (C=N–C) groups is 3. The first-order chi connectivity index (χ1) is 15.1. The second kappa shape index (κ2) is 9.40. The second-order valence-electron chi connectivity index (χ2n) is 6.87. The summed E-state index contributed by atoms with van der Waals surface area (Å²) in [6.07, 6.45) is 2.99. The summed E-state index contributed by atoms with van der Waals surface area (Å²) >= 11 is 0. The van der Waals surface area contributed by atoms with E-state index in [1.165, 1.54) is 25.3 Å². The zero-order valence-corrected chi connectivity index (χ0v) is 18.1. The summed E-state index contributed by atoms with van der Waals surface area (Å²) < 4.78 is 44.2. The molecule has 0 saturated carbocycles. The van der Waals surface area contributed by atoms with Crippen molar-refractivity contribution in [1.82, 2.24) is 4.90 Å². The lowest BCUT2D eigenvalue weighted by Crippen LogP contribution is -2.40. The van der Waals surface area contributed by atoms with Crippen molar-refractivity contribution in [2.24, 2.45) is 15.0 Å². The monoisotopic (exact) mass is 464 g/mol. The number of sulfone groups is 1. The van der Waals surface area contributed by atoms with Crippen LogP contribution in [0.5, 0.6) is 5.75 Å². The molecule has 1 fully saturated rings. The molecule has 0 spiro atoms. The lowest BCUT2D eigenvalue weighted by atomic mass is 10.1. The van der Waals surface area contributed by atoms with Gasteiger partial charge in [0.15, 0.2) is 21.4 Å². The van der Waals surface area contributed by atoms with Gasteiger partial charge in [-0.15, -0.1) is 0 Å². The van der Waals surface area contributed by atoms with Gasteiger partial charge in [0.1, 0.15) is 11.4 Å². The molecule has 2 heterocycles. The number of nitrogens with zero attached hydrogens (tertiary/aromatic N) is 4. The normalized spacial score (nSPS) is 20.3. The first-order valence-electron chi connectivity index (χ1n) is 9.43. The van der Waals surface area contributed by atoms with Crippen LogP contribution in [0.25, 0.3) is 6.08 Å². The van der Waals surface area contributed by atoms with Gasteiger partial charge in [0.05, 0.1) is 23.8 Å². The van der Waals surface area contributed by atoms with E-state index in [4.69, 9.17) is 4.74 Å². The van der Waals surface area contributed by atoms with E-state index in [0.717, 1.165) is 18.4 Å². The van der Waals surface area contributed by atoms with Gasteiger partial charge in [-0.2, -0.15) is 0 Å². The molecule has 1 aromatic carbocycles. The maximum Gasteiger partial charge on any atom is 0.354 e. The molecule has 0 aromatic heterocycles. The van der Waals surface area contributed by atoms with Gasteiger partial charge in [0.25, 0.3) is 0 Å². The van der Waals surface area contributed by atoms with Crippen LogP contribution in [0.2, 0.25) is 0 Å². The maximum absolute atomic E-state index is 13.8. The fraction of sp³-hybridized carbons (Fsp3) is 0.300. The Bertz CT molecular complexity index is 1190. The minimum Gasteiger partial charge on any atom is -0.504 e. The Labute approximate surface area is 183 Å². The smallest absolute Gasteiger partial charge is 0.354 e. The molecule has 0 radical (unpaired) electrons. The van der Waals surface area contributed by atoms with E-state index in [2.05, 4.69) is 15.0 Å². The number of aromatic hydroxyl groups is 1. The Morgan fingerprint density at radius 3 is 2.59 bits per heavy atom. The number of benzene rings is 1. The van der Waals surface area contributed by atoms with Crippen molar-refractivity contribution in [3.05, 3.63) is 46.3 Å². The Morgan fingerprint density at radius 2 is 2.00 bits per heavy atom. The van der Waals surface area contributed by atoms with Gasteiger partial charge < -0.3 is 19.8 Å². The van der Waals surface area contributed by atoms with Crippen molar-refractivity contribution >= 4 is 39.3 Å². The zero-order valence-electron chi connectivity index (χ0n) is 17.3. The van der Waals surface area contributed by atoms with Crippen LogP contribution in [0, 0.1) is 5.82 Å². The fourth-order valence-corrected chi connectivity index (χ4v) is 3.89. The Morgan fingerprint density at radius 1 is 1.31 bits per heavy atom. The summed E-state index contributed by atoms with van der Waals surface area (Å²) in [5.41, 5.74) is -0.931. The summed E-state index contributed by atoms with van der Waals surface area (Å²) in [5, 5.41) is 19.5. The number of carboxylic acid groups (broad SMARTS) is 1. The summed E-state index contributed by atoms with van der Waals surface area (Å²) in [4.78, 5) is 25.5. The molecule has 2 aliphatic rings. The molecule has 2 N–H and O–H groups in total. The number of hydrogen-bond acceptors (Lipinski definition) is 7. The molecular weight excluding hydrogens is 443 g/mol. The number of phenolic OH excluding ortho intramolecular Hbond substituents is 1. The molecule has 0 atom stereocenters. The van der Waals surface area contributed by atoms with E-state index >= 15 is 0 Å². The maximum atomic E-state index is 13.8. The molecule has 1 aromatic rings. The first-order valence-corrected chi connectivity index (χ1v) is 11.3. The van der Waals surface area contributed by atoms with Crippen molar-refractivity contribution < 1.29 is 32.6 Å². The van der Waals surface area contributed by atoms with Gasteiger partial charge >= 0.3 is 5.97 Å². The van der Waals surface area contributed by atoms with Gasteiger partial charge in [-0.1, -0.05) is 12.1 Å². The van der Waals surface area contributed by atoms with Crippen molar-refractivity contribution in [3.63, 3.8) is 0 Å². The third-order valence-corrected chi connectivity index (χ3v) is 5.73. The number of aliphatic carboxylic acids is 1. The minimum absolute atomic E-state index is 0.0303. The predicted octanol–water partition coefficient (Wildman–Crippen LogP) is 1.10. The summed E-state index contributed by atoms with van der Waals surface area (Å²) in [5.74, 6) is -2.86. The average molecular weight is 464 g/mol. The summed E-state index contributed by atoms with van der Waals surface area (Å²) in [6, 6.07) is 3.75. The lowest BCUT2D eigenvalue weighted by Gasteiger charge is -2.28. The molecule has 2 aliphatic heterocycles. The van der Waals surface area contributed by atoms with Crippen molar-refractivity contribution in [3.8, 4) is 5.75 Å². The van der Waals surface area contributed by atoms with E-state index in [-0.39, 0.29) is 27.8 Å². The number of carbonyl (C=O) groups is 1. The lowest BCUT2D eigenvalue weighted by molar-refractivity contribution is -0.129. The van der Waals surface area contributed by atoms with Gasteiger partial charge in [-0.05, 0) is 18.2 Å². The molecule has 0 amide bonds. The average Bonchev–Trinajstić information content (AvgIpc) is 2.75. The van der Waals surface area contributed by atoms with Crippen LogP contribution >= 0.6 is 0 Å². The highest BCUT2D eigenvalue weighted by Gasteiger charge is 2.30. The number of carboxylic acids is 1. The molecule has 1 saturated heterocycles. The number of ether oxygens (including phenoxy) is 1. The number of guanidine groups is 1. The highest BCUT2D eigenvalue weighted by molar-refractivity contribution is 7.95. The molecule has 10 nitrogen and oxygen atoms in total. The molecule has 32 heavy (non-hydrogen) atoms. The van der Waals surface area contributed by atoms with Crippen LogP contribution in [-0.4, -0.2) is 86.5 Å². The van der Waals surface area contributed by atoms with Crippen LogP contribution < -0.4 is 0 Å². The standard InChI is InChI=1S/C20H21FN4O6S/c1-22-20(25-6-8-31-9-7-25)24-17-14(10-12-4-3-5-13(21)18(12)26)23-15(19(27)28)11-16(17)32(2,29)30/h3-5,10-11,26H,6-9H2,1-2H3,(H,27,28)/b14-10-,22-20?,24-17+. The number of allylic oxidation sites excluding steroid dienone is 1. The Hall–Kier alpha value is -3.38. The van der Waals surface area contributed by atoms with E-state index in [1.807, 2.05) is 0 Å². The Kier molecular flexibility index (Phi) is 6.84. The number of dihydropyridines is 1. The van der Waals surface area contributed by atoms with Crippen LogP contribution in [-0.2, 0) is 19.4 Å². The zero-order chi connectivity index (χ0) is 23.5. The molecule has 170 valence electrons. The molecule has 0 unspecified atom stereocenters. The van der Waals surface area contributed by atoms with E-state index in [0.29, 0.717) is 26.3 Å². The number of morpholine rings is 1. The number of hydrogen-bond donors (Lipinski definition) is 2. The van der Waals surface area contributed by atoms with Gasteiger partial charge in [-0.3, -0.25) is 4.99 Å². The molecular formula is C20H21FN4O6S. The highest BCUT2D eigenvalue weighted by Crippen LogP contribution is 2.28. The largest absolute Gasteiger partial charge is 0.504 e. The molecule has 0 aliphatic carbocycles. The Balaban J connectivity index is 2.24. The van der Waals surface area contributed by atoms with Crippen molar-refractivity contribution in [1.29, 1.82) is 0 Å². The molecule has 3 rings (SSSR count). The third-order valence-electron chi connectivity index (χ3n) is 4.62. The predicted molar refractivity (Wildman–Crippen MR) is 117 cm³/mol.